The van der Waals surface area contributed by atoms with E-state index in [1.54, 1.807) is 0 Å². The third kappa shape index (κ3) is 2.79. The predicted octanol–water partition coefficient (Wildman–Crippen LogP) is -0.395. The number of hydrogen-bond donors (Lipinski definition) is 3. The van der Waals surface area contributed by atoms with Gasteiger partial charge in [0.25, 0.3) is 5.56 Å². The van der Waals surface area contributed by atoms with Crippen LogP contribution in [0, 0.1) is 5.92 Å². The number of aryl methyl sites for hydroxylation is 1. The van der Waals surface area contributed by atoms with E-state index in [2.05, 4.69) is 15.3 Å². The summed E-state index contributed by atoms with van der Waals surface area (Å²) in [6.07, 6.45) is 2.98. The van der Waals surface area contributed by atoms with Gasteiger partial charge in [-0.05, 0) is 38.3 Å². The quantitative estimate of drug-likeness (QED) is 0.634. The van der Waals surface area contributed by atoms with Crippen LogP contribution in [0.25, 0.3) is 0 Å². The molecule has 1 aliphatic heterocycles. The van der Waals surface area contributed by atoms with Gasteiger partial charge >= 0.3 is 5.69 Å². The number of hydrogen-bond acceptors (Lipinski definition) is 3. The number of nitrogens with one attached hydrogen (secondary N) is 3. The first kappa shape index (κ1) is 10.2. The van der Waals surface area contributed by atoms with Crippen LogP contribution in [-0.2, 0) is 6.42 Å². The molecule has 5 nitrogen and oxygen atoms in total. The SMILES string of the molecule is O=c1cc(CCC2CCNC2)[nH]c(=O)[nH]1. The molecular formula is C10H15N3O2. The Morgan fingerprint density at radius 1 is 1.33 bits per heavy atom. The number of H-pyrrole nitrogens is 2. The lowest BCUT2D eigenvalue weighted by molar-refractivity contribution is 0.528. The lowest BCUT2D eigenvalue weighted by Crippen LogP contribution is -2.23. The molecule has 0 amide bonds. The molecule has 1 fully saturated rings. The fourth-order valence-corrected chi connectivity index (χ4v) is 1.97. The van der Waals surface area contributed by atoms with E-state index < -0.39 is 5.69 Å². The molecule has 1 atom stereocenters. The average molecular weight is 209 g/mol. The second-order valence-electron chi connectivity index (χ2n) is 4.01. The van der Waals surface area contributed by atoms with E-state index in [9.17, 15) is 9.59 Å². The maximum absolute atomic E-state index is 11.0. The smallest absolute Gasteiger partial charge is 0.316 e. The summed E-state index contributed by atoms with van der Waals surface area (Å²) in [5.74, 6) is 0.674. The minimum absolute atomic E-state index is 0.321. The maximum atomic E-state index is 11.0. The van der Waals surface area contributed by atoms with Crippen molar-refractivity contribution in [3.63, 3.8) is 0 Å². The third-order valence-corrected chi connectivity index (χ3v) is 2.80. The Labute approximate surface area is 86.9 Å². The summed E-state index contributed by atoms with van der Waals surface area (Å²) < 4.78 is 0. The molecule has 3 N–H and O–H groups in total. The molecule has 2 heterocycles. The van der Waals surface area contributed by atoms with Crippen molar-refractivity contribution >= 4 is 0 Å². The first-order chi connectivity index (χ1) is 7.24. The van der Waals surface area contributed by atoms with Crippen molar-refractivity contribution in [3.8, 4) is 0 Å². The molecule has 0 spiro atoms. The van der Waals surface area contributed by atoms with E-state index in [4.69, 9.17) is 0 Å². The van der Waals surface area contributed by atoms with E-state index in [0.717, 1.165) is 31.6 Å². The van der Waals surface area contributed by atoms with Crippen LogP contribution in [-0.4, -0.2) is 23.1 Å². The predicted molar refractivity (Wildman–Crippen MR) is 57.0 cm³/mol. The minimum Gasteiger partial charge on any atom is -0.316 e. The molecule has 1 aromatic heterocycles. The second kappa shape index (κ2) is 4.44. The van der Waals surface area contributed by atoms with E-state index in [1.165, 1.54) is 12.5 Å². The zero-order chi connectivity index (χ0) is 10.7. The zero-order valence-corrected chi connectivity index (χ0v) is 8.51. The number of aromatic amines is 2. The van der Waals surface area contributed by atoms with Crippen molar-refractivity contribution in [2.75, 3.05) is 13.1 Å². The van der Waals surface area contributed by atoms with Crippen LogP contribution < -0.4 is 16.6 Å². The highest BCUT2D eigenvalue weighted by molar-refractivity contribution is 4.99. The van der Waals surface area contributed by atoms with Gasteiger partial charge in [0.05, 0.1) is 0 Å². The highest BCUT2D eigenvalue weighted by Gasteiger charge is 2.14. The van der Waals surface area contributed by atoms with Gasteiger partial charge in [0, 0.05) is 11.8 Å². The van der Waals surface area contributed by atoms with Crippen molar-refractivity contribution < 1.29 is 0 Å². The van der Waals surface area contributed by atoms with Gasteiger partial charge in [-0.15, -0.1) is 0 Å². The minimum atomic E-state index is -0.415. The van der Waals surface area contributed by atoms with Crippen molar-refractivity contribution in [1.29, 1.82) is 0 Å². The molecule has 1 aliphatic rings. The Balaban J connectivity index is 1.98. The summed E-state index contributed by atoms with van der Waals surface area (Å²) in [5.41, 5.74) is -0.00371. The second-order valence-corrected chi connectivity index (χ2v) is 4.01. The van der Waals surface area contributed by atoms with Gasteiger partial charge in [-0.3, -0.25) is 9.78 Å². The van der Waals surface area contributed by atoms with E-state index in [1.807, 2.05) is 0 Å². The maximum Gasteiger partial charge on any atom is 0.325 e. The summed E-state index contributed by atoms with van der Waals surface area (Å²) in [5, 5.41) is 3.29. The molecule has 0 saturated carbocycles. The molecule has 1 unspecified atom stereocenters. The molecule has 0 radical (unpaired) electrons. The normalized spacial score (nSPS) is 20.7. The van der Waals surface area contributed by atoms with Gasteiger partial charge in [-0.2, -0.15) is 0 Å². The van der Waals surface area contributed by atoms with E-state index >= 15 is 0 Å². The summed E-state index contributed by atoms with van der Waals surface area (Å²) in [7, 11) is 0. The molecular weight excluding hydrogens is 194 g/mol. The fourth-order valence-electron chi connectivity index (χ4n) is 1.97. The Hall–Kier alpha value is -1.36. The Kier molecular flexibility index (Phi) is 3.01. The van der Waals surface area contributed by atoms with Crippen molar-refractivity contribution in [2.45, 2.75) is 19.3 Å². The Morgan fingerprint density at radius 3 is 2.87 bits per heavy atom. The topological polar surface area (TPSA) is 77.8 Å². The number of rotatable bonds is 3. The average Bonchev–Trinajstić information content (AvgIpc) is 2.65. The zero-order valence-electron chi connectivity index (χ0n) is 8.51. The summed E-state index contributed by atoms with van der Waals surface area (Å²) in [4.78, 5) is 26.8. The first-order valence-corrected chi connectivity index (χ1v) is 5.27. The molecule has 1 saturated heterocycles. The summed E-state index contributed by atoms with van der Waals surface area (Å²) >= 11 is 0. The van der Waals surface area contributed by atoms with Gasteiger partial charge in [0.1, 0.15) is 0 Å². The van der Waals surface area contributed by atoms with Gasteiger partial charge < -0.3 is 10.3 Å². The number of aromatic nitrogens is 2. The van der Waals surface area contributed by atoms with Crippen LogP contribution in [0.2, 0.25) is 0 Å². The standard InChI is InChI=1S/C10H15N3O2/c14-9-5-8(12-10(15)13-9)2-1-7-3-4-11-6-7/h5,7,11H,1-4,6H2,(H2,12,13,14,15). The van der Waals surface area contributed by atoms with Crippen LogP contribution in [0.3, 0.4) is 0 Å². The van der Waals surface area contributed by atoms with Gasteiger partial charge in [-0.25, -0.2) is 4.79 Å². The monoisotopic (exact) mass is 209 g/mol. The van der Waals surface area contributed by atoms with E-state index in [0.29, 0.717) is 5.92 Å². The first-order valence-electron chi connectivity index (χ1n) is 5.27. The Morgan fingerprint density at radius 2 is 2.20 bits per heavy atom. The van der Waals surface area contributed by atoms with Crippen LogP contribution in [0.15, 0.2) is 15.7 Å². The largest absolute Gasteiger partial charge is 0.325 e. The molecule has 2 rings (SSSR count). The van der Waals surface area contributed by atoms with Crippen molar-refractivity contribution in [3.05, 3.63) is 32.6 Å². The third-order valence-electron chi connectivity index (χ3n) is 2.80. The fraction of sp³-hybridized carbons (Fsp3) is 0.600. The molecule has 0 bridgehead atoms. The molecule has 0 aromatic carbocycles. The molecule has 15 heavy (non-hydrogen) atoms. The van der Waals surface area contributed by atoms with Gasteiger partial charge in [0.15, 0.2) is 0 Å². The Bertz CT molecular complexity index is 401. The lowest BCUT2D eigenvalue weighted by Gasteiger charge is -2.06. The van der Waals surface area contributed by atoms with Gasteiger partial charge in [-0.1, -0.05) is 0 Å². The molecule has 5 heteroatoms. The highest BCUT2D eigenvalue weighted by atomic mass is 16.2. The summed E-state index contributed by atoms with van der Waals surface area (Å²) in [6, 6.07) is 1.46. The van der Waals surface area contributed by atoms with Crippen LogP contribution in [0.5, 0.6) is 0 Å². The molecule has 1 aromatic rings. The van der Waals surface area contributed by atoms with Crippen LogP contribution in [0.1, 0.15) is 18.5 Å². The molecule has 82 valence electrons. The molecule has 0 aliphatic carbocycles. The van der Waals surface area contributed by atoms with Crippen molar-refractivity contribution in [2.24, 2.45) is 5.92 Å². The van der Waals surface area contributed by atoms with E-state index in [-0.39, 0.29) is 5.56 Å². The van der Waals surface area contributed by atoms with Crippen LogP contribution in [0.4, 0.5) is 0 Å². The summed E-state index contributed by atoms with van der Waals surface area (Å²) in [6.45, 7) is 2.13. The van der Waals surface area contributed by atoms with Gasteiger partial charge in [0.2, 0.25) is 0 Å². The van der Waals surface area contributed by atoms with Crippen molar-refractivity contribution in [1.82, 2.24) is 15.3 Å². The lowest BCUT2D eigenvalue weighted by atomic mass is 10.0. The van der Waals surface area contributed by atoms with Crippen LogP contribution >= 0.6 is 0 Å². The highest BCUT2D eigenvalue weighted by Crippen LogP contribution is 2.13.